The lowest BCUT2D eigenvalue weighted by Crippen LogP contribution is -2.56. The third-order valence-electron chi connectivity index (χ3n) is 4.67. The van der Waals surface area contributed by atoms with Crippen LogP contribution >= 0.6 is 11.3 Å². The predicted octanol–water partition coefficient (Wildman–Crippen LogP) is 2.10. The van der Waals surface area contributed by atoms with Crippen molar-refractivity contribution in [3.63, 3.8) is 0 Å². The molecule has 1 atom stereocenters. The van der Waals surface area contributed by atoms with E-state index >= 15 is 0 Å². The molecule has 1 aliphatic rings. The van der Waals surface area contributed by atoms with Crippen LogP contribution in [0.5, 0.6) is 0 Å². The zero-order valence-corrected chi connectivity index (χ0v) is 16.4. The number of carbonyl (C=O) groups is 2. The predicted molar refractivity (Wildman–Crippen MR) is 104 cm³/mol. The van der Waals surface area contributed by atoms with Crippen LogP contribution in [0, 0.1) is 5.92 Å². The van der Waals surface area contributed by atoms with E-state index in [1.807, 2.05) is 36.9 Å². The van der Waals surface area contributed by atoms with Gasteiger partial charge in [0, 0.05) is 33.1 Å². The number of amides is 2. The highest BCUT2D eigenvalue weighted by atomic mass is 32.1. The van der Waals surface area contributed by atoms with Crippen molar-refractivity contribution in [1.29, 1.82) is 0 Å². The first-order valence-electron chi connectivity index (χ1n) is 9.06. The van der Waals surface area contributed by atoms with Crippen LogP contribution in [0.2, 0.25) is 0 Å². The van der Waals surface area contributed by atoms with Crippen LogP contribution in [0.25, 0.3) is 10.2 Å². The van der Waals surface area contributed by atoms with Crippen LogP contribution in [0.4, 0.5) is 0 Å². The van der Waals surface area contributed by atoms with Gasteiger partial charge in [-0.05, 0) is 18.1 Å². The molecule has 140 valence electrons. The fourth-order valence-electron chi connectivity index (χ4n) is 3.23. The fourth-order valence-corrected chi connectivity index (χ4v) is 4.24. The Morgan fingerprint density at radius 1 is 1.19 bits per heavy atom. The van der Waals surface area contributed by atoms with Gasteiger partial charge in [0.1, 0.15) is 11.0 Å². The van der Waals surface area contributed by atoms with Crippen LogP contribution < -0.4 is 5.32 Å². The van der Waals surface area contributed by atoms with Crippen LogP contribution in [0.3, 0.4) is 0 Å². The van der Waals surface area contributed by atoms with E-state index in [0.29, 0.717) is 13.1 Å². The summed E-state index contributed by atoms with van der Waals surface area (Å²) in [5.41, 5.74) is 1.05. The van der Waals surface area contributed by atoms with Crippen molar-refractivity contribution in [3.05, 3.63) is 29.3 Å². The Bertz CT molecular complexity index is 748. The molecular formula is C19H26N4O2S. The van der Waals surface area contributed by atoms with Gasteiger partial charge in [0.25, 0.3) is 0 Å². The van der Waals surface area contributed by atoms with E-state index < -0.39 is 6.04 Å². The Kier molecular flexibility index (Phi) is 5.88. The molecule has 0 bridgehead atoms. The van der Waals surface area contributed by atoms with E-state index in [1.54, 1.807) is 11.3 Å². The summed E-state index contributed by atoms with van der Waals surface area (Å²) in [4.78, 5) is 33.0. The second-order valence-corrected chi connectivity index (χ2v) is 8.21. The molecule has 2 aromatic rings. The van der Waals surface area contributed by atoms with E-state index in [0.717, 1.165) is 30.2 Å². The van der Waals surface area contributed by atoms with Crippen molar-refractivity contribution in [2.24, 2.45) is 5.92 Å². The molecule has 6 nitrogen and oxygen atoms in total. The summed E-state index contributed by atoms with van der Waals surface area (Å²) >= 11 is 1.73. The quantitative estimate of drug-likeness (QED) is 0.870. The Morgan fingerprint density at radius 2 is 1.88 bits per heavy atom. The van der Waals surface area contributed by atoms with Crippen molar-refractivity contribution in [2.45, 2.75) is 33.4 Å². The van der Waals surface area contributed by atoms with Crippen molar-refractivity contribution >= 4 is 33.4 Å². The zero-order valence-electron chi connectivity index (χ0n) is 15.6. The summed E-state index contributed by atoms with van der Waals surface area (Å²) in [6.45, 7) is 9.22. The molecule has 1 saturated heterocycles. The van der Waals surface area contributed by atoms with Gasteiger partial charge in [-0.15, -0.1) is 11.3 Å². The maximum atomic E-state index is 12.7. The van der Waals surface area contributed by atoms with E-state index in [9.17, 15) is 9.59 Å². The number of nitrogens with zero attached hydrogens (tertiary/aromatic N) is 3. The van der Waals surface area contributed by atoms with Gasteiger partial charge in [-0.3, -0.25) is 14.5 Å². The molecule has 1 N–H and O–H groups in total. The number of para-hydroxylation sites is 1. The average molecular weight is 375 g/mol. The third kappa shape index (κ3) is 4.40. The summed E-state index contributed by atoms with van der Waals surface area (Å²) < 4.78 is 1.21. The largest absolute Gasteiger partial charge is 0.344 e. The standard InChI is InChI=1S/C19H26N4O2S/c1-13(2)18(20-14(3)24)19(25)23-10-8-22(9-11-23)12-17-21-15-6-4-5-7-16(15)26-17/h4-7,13,18H,8-12H2,1-3H3,(H,20,24). The topological polar surface area (TPSA) is 65.5 Å². The first-order valence-corrected chi connectivity index (χ1v) is 9.88. The first-order chi connectivity index (χ1) is 12.4. The normalized spacial score (nSPS) is 16.8. The molecule has 3 rings (SSSR count). The van der Waals surface area contributed by atoms with Crippen molar-refractivity contribution in [2.75, 3.05) is 26.2 Å². The second kappa shape index (κ2) is 8.14. The maximum absolute atomic E-state index is 12.7. The van der Waals surface area contributed by atoms with Crippen LogP contribution in [0.15, 0.2) is 24.3 Å². The van der Waals surface area contributed by atoms with Crippen molar-refractivity contribution < 1.29 is 9.59 Å². The molecule has 7 heteroatoms. The number of hydrogen-bond donors (Lipinski definition) is 1. The van der Waals surface area contributed by atoms with Gasteiger partial charge in [-0.2, -0.15) is 0 Å². The van der Waals surface area contributed by atoms with Gasteiger partial charge >= 0.3 is 0 Å². The van der Waals surface area contributed by atoms with E-state index in [4.69, 9.17) is 4.98 Å². The number of hydrogen-bond acceptors (Lipinski definition) is 5. The van der Waals surface area contributed by atoms with Gasteiger partial charge in [-0.1, -0.05) is 26.0 Å². The van der Waals surface area contributed by atoms with Gasteiger partial charge < -0.3 is 10.2 Å². The molecule has 0 aliphatic carbocycles. The van der Waals surface area contributed by atoms with Crippen molar-refractivity contribution in [1.82, 2.24) is 20.1 Å². The van der Waals surface area contributed by atoms with Gasteiger partial charge in [0.05, 0.1) is 16.8 Å². The number of nitrogens with one attached hydrogen (secondary N) is 1. The number of thiazole rings is 1. The monoisotopic (exact) mass is 374 g/mol. The smallest absolute Gasteiger partial charge is 0.245 e. The molecule has 1 fully saturated rings. The molecule has 2 amide bonds. The maximum Gasteiger partial charge on any atom is 0.245 e. The highest BCUT2D eigenvalue weighted by molar-refractivity contribution is 7.18. The van der Waals surface area contributed by atoms with Gasteiger partial charge in [0.2, 0.25) is 11.8 Å². The molecule has 0 spiro atoms. The number of fused-ring (bicyclic) bond motifs is 1. The minimum atomic E-state index is -0.441. The highest BCUT2D eigenvalue weighted by Gasteiger charge is 2.30. The lowest BCUT2D eigenvalue weighted by Gasteiger charge is -2.36. The number of aromatic nitrogens is 1. The molecule has 1 unspecified atom stereocenters. The minimum absolute atomic E-state index is 0.0230. The molecule has 1 aromatic heterocycles. The number of carbonyl (C=O) groups excluding carboxylic acids is 2. The van der Waals surface area contributed by atoms with Gasteiger partial charge in [0.15, 0.2) is 0 Å². The molecule has 1 aliphatic heterocycles. The summed E-state index contributed by atoms with van der Waals surface area (Å²) in [5.74, 6) is -0.0615. The number of benzene rings is 1. The Labute approximate surface area is 158 Å². The SMILES string of the molecule is CC(=O)NC(C(=O)N1CCN(Cc2nc3ccccc3s2)CC1)C(C)C. The molecular weight excluding hydrogens is 348 g/mol. The Balaban J connectivity index is 1.56. The summed E-state index contributed by atoms with van der Waals surface area (Å²) in [6.07, 6.45) is 0. The lowest BCUT2D eigenvalue weighted by molar-refractivity contribution is -0.138. The summed E-state index contributed by atoms with van der Waals surface area (Å²) in [7, 11) is 0. The molecule has 2 heterocycles. The van der Waals surface area contributed by atoms with Crippen molar-refractivity contribution in [3.8, 4) is 0 Å². The molecule has 1 aromatic carbocycles. The Morgan fingerprint density at radius 3 is 2.50 bits per heavy atom. The van der Waals surface area contributed by atoms with Crippen LogP contribution in [0.1, 0.15) is 25.8 Å². The molecule has 0 saturated carbocycles. The van der Waals surface area contributed by atoms with Crippen LogP contribution in [-0.2, 0) is 16.1 Å². The number of rotatable bonds is 5. The second-order valence-electron chi connectivity index (χ2n) is 7.10. The van der Waals surface area contributed by atoms with E-state index in [1.165, 1.54) is 11.6 Å². The zero-order chi connectivity index (χ0) is 18.7. The highest BCUT2D eigenvalue weighted by Crippen LogP contribution is 2.23. The van der Waals surface area contributed by atoms with Gasteiger partial charge in [-0.25, -0.2) is 4.98 Å². The third-order valence-corrected chi connectivity index (χ3v) is 5.69. The van der Waals surface area contributed by atoms with Crippen LogP contribution in [-0.4, -0.2) is 58.8 Å². The number of piperazine rings is 1. The molecule has 0 radical (unpaired) electrons. The lowest BCUT2D eigenvalue weighted by atomic mass is 10.0. The molecule has 26 heavy (non-hydrogen) atoms. The van der Waals surface area contributed by atoms with E-state index in [-0.39, 0.29) is 17.7 Å². The summed E-state index contributed by atoms with van der Waals surface area (Å²) in [6, 6.07) is 7.75. The summed E-state index contributed by atoms with van der Waals surface area (Å²) in [5, 5.41) is 3.91. The first kappa shape index (κ1) is 18.8. The van der Waals surface area contributed by atoms with E-state index in [2.05, 4.69) is 16.3 Å². The average Bonchev–Trinajstić information content (AvgIpc) is 3.01. The minimum Gasteiger partial charge on any atom is -0.344 e. The Hall–Kier alpha value is -1.99. The fraction of sp³-hybridized carbons (Fsp3) is 0.526.